The number of anilines is 1. The summed E-state index contributed by atoms with van der Waals surface area (Å²) >= 11 is 0. The number of aromatic amines is 1. The number of fused-ring (bicyclic) bond motifs is 1. The molecule has 0 spiro atoms. The Morgan fingerprint density at radius 2 is 1.69 bits per heavy atom. The van der Waals surface area contributed by atoms with Crippen molar-refractivity contribution >= 4 is 22.6 Å². The maximum atomic E-state index is 12.6. The first-order valence-corrected chi connectivity index (χ1v) is 8.24. The van der Waals surface area contributed by atoms with Crippen LogP contribution >= 0.6 is 0 Å². The number of carbonyl (C=O) groups is 1. The van der Waals surface area contributed by atoms with Gasteiger partial charge in [-0.3, -0.25) is 4.79 Å². The fourth-order valence-corrected chi connectivity index (χ4v) is 2.82. The molecular formula is C21H17N3O2. The number of imidazole rings is 1. The van der Waals surface area contributed by atoms with Gasteiger partial charge in [-0.2, -0.15) is 0 Å². The number of nitrogens with zero attached hydrogens (tertiary/aromatic N) is 1. The van der Waals surface area contributed by atoms with Crippen molar-refractivity contribution in [2.24, 2.45) is 0 Å². The fourth-order valence-electron chi connectivity index (χ4n) is 2.82. The van der Waals surface area contributed by atoms with E-state index in [1.807, 2.05) is 48.5 Å². The average molecular weight is 343 g/mol. The minimum Gasteiger partial charge on any atom is -0.497 e. The SMILES string of the molecule is COc1ccc(C(=O)Nc2ccccc2-c2nc3ccccc3[nH]2)cc1. The van der Waals surface area contributed by atoms with Gasteiger partial charge in [0.05, 0.1) is 23.8 Å². The summed E-state index contributed by atoms with van der Waals surface area (Å²) in [6.07, 6.45) is 0. The third kappa shape index (κ3) is 3.02. The van der Waals surface area contributed by atoms with Crippen molar-refractivity contribution in [3.05, 3.63) is 78.4 Å². The predicted molar refractivity (Wildman–Crippen MR) is 102 cm³/mol. The van der Waals surface area contributed by atoms with E-state index in [1.165, 1.54) is 0 Å². The average Bonchev–Trinajstić information content (AvgIpc) is 3.12. The molecule has 0 unspecified atom stereocenters. The molecular weight excluding hydrogens is 326 g/mol. The zero-order valence-electron chi connectivity index (χ0n) is 14.2. The Labute approximate surface area is 150 Å². The van der Waals surface area contributed by atoms with Gasteiger partial charge in [-0.1, -0.05) is 24.3 Å². The largest absolute Gasteiger partial charge is 0.497 e. The number of carbonyl (C=O) groups excluding carboxylic acids is 1. The maximum absolute atomic E-state index is 12.6. The topological polar surface area (TPSA) is 67.0 Å². The van der Waals surface area contributed by atoms with Gasteiger partial charge in [0, 0.05) is 11.1 Å². The highest BCUT2D eigenvalue weighted by molar-refractivity contribution is 6.06. The van der Waals surface area contributed by atoms with Crippen molar-refractivity contribution in [2.75, 3.05) is 12.4 Å². The summed E-state index contributed by atoms with van der Waals surface area (Å²) in [5.74, 6) is 1.25. The number of benzene rings is 3. The van der Waals surface area contributed by atoms with E-state index in [-0.39, 0.29) is 5.91 Å². The van der Waals surface area contributed by atoms with Crippen LogP contribution in [0, 0.1) is 0 Å². The van der Waals surface area contributed by atoms with Gasteiger partial charge in [0.15, 0.2) is 0 Å². The Balaban J connectivity index is 1.66. The standard InChI is InChI=1S/C21H17N3O2/c1-26-15-12-10-14(11-13-15)21(25)24-17-7-3-2-6-16(17)20-22-18-8-4-5-9-19(18)23-20/h2-13H,1H3,(H,22,23)(H,24,25). The molecule has 5 heteroatoms. The second kappa shape index (κ2) is 6.72. The Morgan fingerprint density at radius 1 is 0.962 bits per heavy atom. The van der Waals surface area contributed by atoms with Crippen molar-refractivity contribution in [1.29, 1.82) is 0 Å². The molecule has 0 aliphatic heterocycles. The predicted octanol–water partition coefficient (Wildman–Crippen LogP) is 4.49. The summed E-state index contributed by atoms with van der Waals surface area (Å²) < 4.78 is 5.13. The van der Waals surface area contributed by atoms with Crippen LogP contribution in [0.3, 0.4) is 0 Å². The quantitative estimate of drug-likeness (QED) is 0.574. The summed E-state index contributed by atoms with van der Waals surface area (Å²) in [7, 11) is 1.60. The fraction of sp³-hybridized carbons (Fsp3) is 0.0476. The van der Waals surface area contributed by atoms with Gasteiger partial charge in [0.1, 0.15) is 11.6 Å². The van der Waals surface area contributed by atoms with E-state index in [1.54, 1.807) is 31.4 Å². The molecule has 5 nitrogen and oxygen atoms in total. The van der Waals surface area contributed by atoms with Crippen LogP contribution < -0.4 is 10.1 Å². The van der Waals surface area contributed by atoms with Crippen molar-refractivity contribution in [3.8, 4) is 17.1 Å². The Hall–Kier alpha value is -3.60. The molecule has 0 saturated carbocycles. The van der Waals surface area contributed by atoms with Crippen molar-refractivity contribution in [2.45, 2.75) is 0 Å². The third-order valence-electron chi connectivity index (χ3n) is 4.17. The van der Waals surface area contributed by atoms with Crippen LogP contribution in [0.2, 0.25) is 0 Å². The third-order valence-corrected chi connectivity index (χ3v) is 4.17. The smallest absolute Gasteiger partial charge is 0.255 e. The van der Waals surface area contributed by atoms with Crippen LogP contribution in [-0.2, 0) is 0 Å². The number of ether oxygens (including phenoxy) is 1. The van der Waals surface area contributed by atoms with Crippen LogP contribution in [0.5, 0.6) is 5.75 Å². The summed E-state index contributed by atoms with van der Waals surface area (Å²) in [5, 5.41) is 2.97. The van der Waals surface area contributed by atoms with Gasteiger partial charge in [0.2, 0.25) is 0 Å². The molecule has 2 N–H and O–H groups in total. The molecule has 0 radical (unpaired) electrons. The van der Waals surface area contributed by atoms with E-state index in [4.69, 9.17) is 4.74 Å². The van der Waals surface area contributed by atoms with Crippen LogP contribution in [0.1, 0.15) is 10.4 Å². The number of H-pyrrole nitrogens is 1. The zero-order chi connectivity index (χ0) is 17.9. The maximum Gasteiger partial charge on any atom is 0.255 e. The normalized spacial score (nSPS) is 10.7. The van der Waals surface area contributed by atoms with Crippen molar-refractivity contribution in [3.63, 3.8) is 0 Å². The van der Waals surface area contributed by atoms with Crippen LogP contribution in [0.25, 0.3) is 22.4 Å². The monoisotopic (exact) mass is 343 g/mol. The van der Waals surface area contributed by atoms with E-state index in [0.717, 1.165) is 22.4 Å². The number of methoxy groups -OCH3 is 1. The van der Waals surface area contributed by atoms with Gasteiger partial charge in [-0.15, -0.1) is 0 Å². The number of hydrogen-bond acceptors (Lipinski definition) is 3. The highest BCUT2D eigenvalue weighted by atomic mass is 16.5. The van der Waals surface area contributed by atoms with Crippen LogP contribution in [0.4, 0.5) is 5.69 Å². The molecule has 0 aliphatic rings. The molecule has 0 fully saturated rings. The van der Waals surface area contributed by atoms with Crippen molar-refractivity contribution in [1.82, 2.24) is 9.97 Å². The van der Waals surface area contributed by atoms with Crippen LogP contribution in [0.15, 0.2) is 72.8 Å². The molecule has 0 aliphatic carbocycles. The molecule has 26 heavy (non-hydrogen) atoms. The molecule has 1 amide bonds. The molecule has 0 saturated heterocycles. The van der Waals surface area contributed by atoms with E-state index in [0.29, 0.717) is 17.0 Å². The lowest BCUT2D eigenvalue weighted by atomic mass is 10.1. The minimum absolute atomic E-state index is 0.184. The molecule has 4 aromatic rings. The first-order chi connectivity index (χ1) is 12.7. The second-order valence-corrected chi connectivity index (χ2v) is 5.83. The first-order valence-electron chi connectivity index (χ1n) is 8.24. The Morgan fingerprint density at radius 3 is 2.46 bits per heavy atom. The lowest BCUT2D eigenvalue weighted by Gasteiger charge is -2.10. The molecule has 1 heterocycles. The number of rotatable bonds is 4. The summed E-state index contributed by atoms with van der Waals surface area (Å²) in [4.78, 5) is 20.5. The number of hydrogen-bond donors (Lipinski definition) is 2. The zero-order valence-corrected chi connectivity index (χ0v) is 14.2. The molecule has 1 aromatic heterocycles. The van der Waals surface area contributed by atoms with Crippen molar-refractivity contribution < 1.29 is 9.53 Å². The highest BCUT2D eigenvalue weighted by Gasteiger charge is 2.13. The van der Waals surface area contributed by atoms with Gasteiger partial charge < -0.3 is 15.0 Å². The number of aromatic nitrogens is 2. The number of amides is 1. The van der Waals surface area contributed by atoms with Crippen LogP contribution in [-0.4, -0.2) is 23.0 Å². The lowest BCUT2D eigenvalue weighted by Crippen LogP contribution is -2.12. The van der Waals surface area contributed by atoms with Gasteiger partial charge >= 0.3 is 0 Å². The summed E-state index contributed by atoms with van der Waals surface area (Å²) in [6, 6.07) is 22.4. The van der Waals surface area contributed by atoms with Gasteiger partial charge in [-0.25, -0.2) is 4.98 Å². The minimum atomic E-state index is -0.184. The number of para-hydroxylation sites is 3. The Bertz CT molecular complexity index is 1040. The number of nitrogens with one attached hydrogen (secondary N) is 2. The van der Waals surface area contributed by atoms with E-state index >= 15 is 0 Å². The molecule has 3 aromatic carbocycles. The summed E-state index contributed by atoms with van der Waals surface area (Å²) in [6.45, 7) is 0. The van der Waals surface area contributed by atoms with E-state index in [2.05, 4.69) is 15.3 Å². The second-order valence-electron chi connectivity index (χ2n) is 5.83. The molecule has 128 valence electrons. The Kier molecular flexibility index (Phi) is 4.11. The molecule has 0 atom stereocenters. The van der Waals surface area contributed by atoms with E-state index in [9.17, 15) is 4.79 Å². The molecule has 0 bridgehead atoms. The lowest BCUT2D eigenvalue weighted by molar-refractivity contribution is 0.102. The highest BCUT2D eigenvalue weighted by Crippen LogP contribution is 2.28. The molecule has 4 rings (SSSR count). The van der Waals surface area contributed by atoms with E-state index < -0.39 is 0 Å². The van der Waals surface area contributed by atoms with Gasteiger partial charge in [-0.05, 0) is 48.5 Å². The van der Waals surface area contributed by atoms with Gasteiger partial charge in [0.25, 0.3) is 5.91 Å². The first kappa shape index (κ1) is 15.9. The summed E-state index contributed by atoms with van der Waals surface area (Å²) in [5.41, 5.74) is 3.95.